The maximum atomic E-state index is 11.6. The van der Waals surface area contributed by atoms with Crippen LogP contribution in [0, 0.1) is 5.41 Å². The van der Waals surface area contributed by atoms with Crippen LogP contribution in [0.4, 0.5) is 0 Å². The molecule has 0 aromatic heterocycles. The Kier molecular flexibility index (Phi) is 6.49. The molecule has 6 nitrogen and oxygen atoms in total. The van der Waals surface area contributed by atoms with Crippen molar-refractivity contribution in [3.8, 4) is 0 Å². The van der Waals surface area contributed by atoms with Crippen molar-refractivity contribution in [1.82, 2.24) is 14.5 Å². The molecule has 1 saturated heterocycles. The SMILES string of the molecule is CCNC(=NCCCN(CC)S(C)(=O)=O)N1CC(C)(C)C1(C)C. The number of nitrogens with one attached hydrogen (secondary N) is 1. The zero-order valence-corrected chi connectivity index (χ0v) is 16.6. The Morgan fingerprint density at radius 2 is 1.87 bits per heavy atom. The molecule has 136 valence electrons. The number of likely N-dealkylation sites (tertiary alicyclic amines) is 1. The Balaban J connectivity index is 2.64. The summed E-state index contributed by atoms with van der Waals surface area (Å²) in [6, 6.07) is 0. The number of sulfonamides is 1. The van der Waals surface area contributed by atoms with Crippen LogP contribution in [0.25, 0.3) is 0 Å². The lowest BCUT2D eigenvalue weighted by atomic mass is 9.65. The molecule has 0 aromatic carbocycles. The Morgan fingerprint density at radius 3 is 2.26 bits per heavy atom. The lowest BCUT2D eigenvalue weighted by molar-refractivity contribution is -0.0667. The highest BCUT2D eigenvalue weighted by Gasteiger charge is 2.53. The molecule has 0 unspecified atom stereocenters. The minimum absolute atomic E-state index is 0.0657. The number of hydrogen-bond acceptors (Lipinski definition) is 3. The highest BCUT2D eigenvalue weighted by Crippen LogP contribution is 2.46. The van der Waals surface area contributed by atoms with Gasteiger partial charge in [-0.3, -0.25) is 4.99 Å². The summed E-state index contributed by atoms with van der Waals surface area (Å²) in [5, 5.41) is 3.35. The normalized spacial score (nSPS) is 20.5. The van der Waals surface area contributed by atoms with Crippen LogP contribution in [-0.4, -0.2) is 68.1 Å². The van der Waals surface area contributed by atoms with Gasteiger partial charge in [-0.1, -0.05) is 20.8 Å². The smallest absolute Gasteiger partial charge is 0.211 e. The van der Waals surface area contributed by atoms with Crippen LogP contribution in [0.1, 0.15) is 48.0 Å². The molecule has 0 bridgehead atoms. The molecular weight excluding hydrogens is 312 g/mol. The Morgan fingerprint density at radius 1 is 1.26 bits per heavy atom. The van der Waals surface area contributed by atoms with E-state index < -0.39 is 10.0 Å². The van der Waals surface area contributed by atoms with E-state index in [4.69, 9.17) is 4.99 Å². The standard InChI is InChI=1S/C16H34N4O2S/c1-8-17-14(20-13-15(3,4)16(20,5)6)18-11-10-12-19(9-2)23(7,21)22/h8-13H2,1-7H3,(H,17,18). The predicted molar refractivity (Wildman–Crippen MR) is 97.3 cm³/mol. The second-order valence-electron chi connectivity index (χ2n) is 7.37. The third-order valence-electron chi connectivity index (χ3n) is 5.12. The van der Waals surface area contributed by atoms with Gasteiger partial charge in [0, 0.05) is 43.7 Å². The summed E-state index contributed by atoms with van der Waals surface area (Å²) in [4.78, 5) is 7.01. The number of guanidine groups is 1. The van der Waals surface area contributed by atoms with Gasteiger partial charge in [-0.15, -0.1) is 0 Å². The van der Waals surface area contributed by atoms with E-state index in [1.165, 1.54) is 10.6 Å². The van der Waals surface area contributed by atoms with Crippen molar-refractivity contribution < 1.29 is 8.42 Å². The fraction of sp³-hybridized carbons (Fsp3) is 0.938. The topological polar surface area (TPSA) is 65.0 Å². The Labute approximate surface area is 142 Å². The molecule has 0 saturated carbocycles. The summed E-state index contributed by atoms with van der Waals surface area (Å²) in [5.74, 6) is 0.930. The minimum atomic E-state index is -3.11. The van der Waals surface area contributed by atoms with Crippen molar-refractivity contribution >= 4 is 16.0 Å². The summed E-state index contributed by atoms with van der Waals surface area (Å²) in [5.41, 5.74) is 0.328. The molecular formula is C16H34N4O2S. The van der Waals surface area contributed by atoms with Crippen molar-refractivity contribution in [3.63, 3.8) is 0 Å². The molecule has 1 N–H and O–H groups in total. The van der Waals surface area contributed by atoms with E-state index in [0.717, 1.165) is 25.5 Å². The van der Waals surface area contributed by atoms with E-state index >= 15 is 0 Å². The average molecular weight is 347 g/mol. The molecule has 0 aromatic rings. The molecule has 7 heteroatoms. The summed E-state index contributed by atoms with van der Waals surface area (Å²) in [6.07, 6.45) is 1.99. The minimum Gasteiger partial charge on any atom is -0.356 e. The summed E-state index contributed by atoms with van der Waals surface area (Å²) < 4.78 is 24.7. The van der Waals surface area contributed by atoms with E-state index in [1.807, 2.05) is 6.92 Å². The monoisotopic (exact) mass is 346 g/mol. The molecule has 0 radical (unpaired) electrons. The average Bonchev–Trinajstić information content (AvgIpc) is 2.42. The van der Waals surface area contributed by atoms with Crippen LogP contribution in [0.15, 0.2) is 4.99 Å². The fourth-order valence-corrected chi connectivity index (χ4v) is 3.72. The Hall–Kier alpha value is -0.820. The lowest BCUT2D eigenvalue weighted by Gasteiger charge is -2.62. The van der Waals surface area contributed by atoms with Crippen molar-refractivity contribution in [2.24, 2.45) is 10.4 Å². The molecule has 1 heterocycles. The molecule has 0 aliphatic carbocycles. The van der Waals surface area contributed by atoms with Crippen molar-refractivity contribution in [2.45, 2.75) is 53.5 Å². The van der Waals surface area contributed by atoms with Crippen LogP contribution in [0.3, 0.4) is 0 Å². The first-order valence-corrected chi connectivity index (χ1v) is 10.3. The van der Waals surface area contributed by atoms with Gasteiger partial charge in [0.2, 0.25) is 10.0 Å². The van der Waals surface area contributed by atoms with Crippen molar-refractivity contribution in [1.29, 1.82) is 0 Å². The van der Waals surface area contributed by atoms with Crippen LogP contribution < -0.4 is 5.32 Å². The van der Waals surface area contributed by atoms with Crippen molar-refractivity contribution in [3.05, 3.63) is 0 Å². The van der Waals surface area contributed by atoms with Gasteiger partial charge >= 0.3 is 0 Å². The second-order valence-corrected chi connectivity index (χ2v) is 9.36. The molecule has 23 heavy (non-hydrogen) atoms. The lowest BCUT2D eigenvalue weighted by Crippen LogP contribution is -2.72. The van der Waals surface area contributed by atoms with E-state index in [0.29, 0.717) is 19.6 Å². The van der Waals surface area contributed by atoms with Gasteiger partial charge in [0.1, 0.15) is 0 Å². The highest BCUT2D eigenvalue weighted by molar-refractivity contribution is 7.88. The largest absolute Gasteiger partial charge is 0.356 e. The number of nitrogens with zero attached hydrogens (tertiary/aromatic N) is 3. The van der Waals surface area contributed by atoms with Crippen LogP contribution in [0.5, 0.6) is 0 Å². The molecule has 0 amide bonds. The van der Waals surface area contributed by atoms with Gasteiger partial charge < -0.3 is 10.2 Å². The maximum absolute atomic E-state index is 11.6. The van der Waals surface area contributed by atoms with Gasteiger partial charge in [-0.25, -0.2) is 12.7 Å². The number of aliphatic imine (C=N–C) groups is 1. The van der Waals surface area contributed by atoms with Gasteiger partial charge in [0.05, 0.1) is 6.26 Å². The maximum Gasteiger partial charge on any atom is 0.211 e. The molecule has 0 spiro atoms. The number of rotatable bonds is 7. The first-order chi connectivity index (χ1) is 10.5. The molecule has 1 aliphatic rings. The quantitative estimate of drug-likeness (QED) is 0.433. The van der Waals surface area contributed by atoms with Crippen molar-refractivity contribution in [2.75, 3.05) is 39.0 Å². The fourth-order valence-electron chi connectivity index (χ4n) is 2.79. The summed E-state index contributed by atoms with van der Waals surface area (Å²) in [7, 11) is -3.11. The molecule has 0 atom stereocenters. The number of hydrogen-bond donors (Lipinski definition) is 1. The zero-order chi connectivity index (χ0) is 17.9. The summed E-state index contributed by atoms with van der Waals surface area (Å²) >= 11 is 0. The first-order valence-electron chi connectivity index (χ1n) is 8.48. The Bertz CT molecular complexity index is 526. The zero-order valence-electron chi connectivity index (χ0n) is 15.8. The van der Waals surface area contributed by atoms with Gasteiger partial charge in [0.15, 0.2) is 5.96 Å². The van der Waals surface area contributed by atoms with Gasteiger partial charge in [0.25, 0.3) is 0 Å². The van der Waals surface area contributed by atoms with E-state index in [2.05, 4.69) is 44.8 Å². The third kappa shape index (κ3) is 4.59. The van der Waals surface area contributed by atoms with Gasteiger partial charge in [-0.2, -0.15) is 0 Å². The van der Waals surface area contributed by atoms with E-state index in [-0.39, 0.29) is 11.0 Å². The molecule has 1 aliphatic heterocycles. The van der Waals surface area contributed by atoms with Gasteiger partial charge in [-0.05, 0) is 27.2 Å². The highest BCUT2D eigenvalue weighted by atomic mass is 32.2. The van der Waals surface area contributed by atoms with Crippen LogP contribution in [-0.2, 0) is 10.0 Å². The van der Waals surface area contributed by atoms with Crippen LogP contribution in [0.2, 0.25) is 0 Å². The third-order valence-corrected chi connectivity index (χ3v) is 6.50. The summed E-state index contributed by atoms with van der Waals surface area (Å²) in [6.45, 7) is 16.4. The van der Waals surface area contributed by atoms with Crippen LogP contribution >= 0.6 is 0 Å². The molecule has 1 rings (SSSR count). The molecule has 1 fully saturated rings. The van der Waals surface area contributed by atoms with E-state index in [9.17, 15) is 8.42 Å². The van der Waals surface area contributed by atoms with E-state index in [1.54, 1.807) is 0 Å². The first kappa shape index (κ1) is 20.2. The predicted octanol–water partition coefficient (Wildman–Crippen LogP) is 1.74. The second kappa shape index (κ2) is 7.38.